The predicted octanol–water partition coefficient (Wildman–Crippen LogP) is 2.27. The Labute approximate surface area is 97.1 Å². The van der Waals surface area contributed by atoms with Crippen molar-refractivity contribution in [1.29, 1.82) is 0 Å². The molecule has 86 valence electrons. The van der Waals surface area contributed by atoms with E-state index in [0.717, 1.165) is 26.1 Å². The quantitative estimate of drug-likeness (QED) is 0.665. The molecule has 0 fully saturated rings. The first-order valence-corrected chi connectivity index (χ1v) is 6.63. The molecular weight excluding hydrogens is 204 g/mol. The molecule has 0 aliphatic heterocycles. The van der Waals surface area contributed by atoms with E-state index in [2.05, 4.69) is 42.0 Å². The second-order valence-electron chi connectivity index (χ2n) is 4.04. The fourth-order valence-corrected chi connectivity index (χ4v) is 2.10. The molecule has 0 radical (unpaired) electrons. The molecule has 0 atom stereocenters. The Morgan fingerprint density at radius 1 is 1.27 bits per heavy atom. The molecule has 0 spiro atoms. The van der Waals surface area contributed by atoms with Crippen LogP contribution in [0.1, 0.15) is 25.1 Å². The maximum atomic E-state index is 3.46. The highest BCUT2D eigenvalue weighted by Crippen LogP contribution is 2.07. The lowest BCUT2D eigenvalue weighted by molar-refractivity contribution is 0.549. The molecule has 2 nitrogen and oxygen atoms in total. The normalized spacial score (nSPS) is 11.1. The van der Waals surface area contributed by atoms with E-state index in [9.17, 15) is 0 Å². The Bertz CT molecular complexity index is 232. The first kappa shape index (κ1) is 12.7. The van der Waals surface area contributed by atoms with Crippen LogP contribution in [0.2, 0.25) is 0 Å². The predicted molar refractivity (Wildman–Crippen MR) is 68.6 cm³/mol. The number of thiophene rings is 1. The molecule has 0 bridgehead atoms. The van der Waals surface area contributed by atoms with E-state index in [0.29, 0.717) is 6.04 Å². The minimum absolute atomic E-state index is 0.608. The van der Waals surface area contributed by atoms with E-state index in [4.69, 9.17) is 0 Å². The monoisotopic (exact) mass is 226 g/mol. The maximum absolute atomic E-state index is 3.46. The summed E-state index contributed by atoms with van der Waals surface area (Å²) in [6, 6.07) is 4.93. The van der Waals surface area contributed by atoms with Gasteiger partial charge < -0.3 is 10.6 Å². The van der Waals surface area contributed by atoms with Crippen LogP contribution in [-0.2, 0) is 6.42 Å². The van der Waals surface area contributed by atoms with Crippen LogP contribution in [0, 0.1) is 0 Å². The largest absolute Gasteiger partial charge is 0.316 e. The molecule has 2 N–H and O–H groups in total. The van der Waals surface area contributed by atoms with Crippen LogP contribution in [0.3, 0.4) is 0 Å². The third kappa shape index (κ3) is 6.66. The fourth-order valence-electron chi connectivity index (χ4n) is 1.40. The molecule has 0 amide bonds. The summed E-state index contributed by atoms with van der Waals surface area (Å²) in [7, 11) is 0. The van der Waals surface area contributed by atoms with E-state index in [1.165, 1.54) is 11.3 Å². The van der Waals surface area contributed by atoms with Crippen LogP contribution in [0.15, 0.2) is 17.5 Å². The van der Waals surface area contributed by atoms with Crippen molar-refractivity contribution in [2.45, 2.75) is 32.7 Å². The van der Waals surface area contributed by atoms with Gasteiger partial charge in [0, 0.05) is 10.9 Å². The standard InChI is InChI=1S/C12H22N2S/c1-11(2)14-8-4-7-13-9-6-12-5-3-10-15-12/h3,5,10-11,13-14H,4,6-9H2,1-2H3. The van der Waals surface area contributed by atoms with E-state index in [1.807, 2.05) is 11.3 Å². The molecule has 1 heterocycles. The van der Waals surface area contributed by atoms with Gasteiger partial charge >= 0.3 is 0 Å². The van der Waals surface area contributed by atoms with E-state index in [1.54, 1.807) is 0 Å². The zero-order valence-electron chi connectivity index (χ0n) is 9.75. The van der Waals surface area contributed by atoms with Gasteiger partial charge in [0.1, 0.15) is 0 Å². The lowest BCUT2D eigenvalue weighted by Gasteiger charge is -2.08. The van der Waals surface area contributed by atoms with Crippen molar-refractivity contribution < 1.29 is 0 Å². The maximum Gasteiger partial charge on any atom is 0.00578 e. The number of hydrogen-bond acceptors (Lipinski definition) is 3. The Morgan fingerprint density at radius 3 is 2.80 bits per heavy atom. The summed E-state index contributed by atoms with van der Waals surface area (Å²) in [6.45, 7) is 7.70. The summed E-state index contributed by atoms with van der Waals surface area (Å²) < 4.78 is 0. The highest BCUT2D eigenvalue weighted by atomic mass is 32.1. The molecule has 0 saturated carbocycles. The third-order valence-corrected chi connectivity index (χ3v) is 3.15. The van der Waals surface area contributed by atoms with E-state index < -0.39 is 0 Å². The molecule has 1 aromatic rings. The minimum atomic E-state index is 0.608. The molecule has 1 rings (SSSR count). The zero-order valence-corrected chi connectivity index (χ0v) is 10.6. The van der Waals surface area contributed by atoms with Gasteiger partial charge in [-0.2, -0.15) is 0 Å². The van der Waals surface area contributed by atoms with Gasteiger partial charge in [0.2, 0.25) is 0 Å². The van der Waals surface area contributed by atoms with Crippen LogP contribution in [0.25, 0.3) is 0 Å². The Balaban J connectivity index is 1.85. The van der Waals surface area contributed by atoms with Crippen molar-refractivity contribution in [1.82, 2.24) is 10.6 Å². The van der Waals surface area contributed by atoms with Crippen LogP contribution >= 0.6 is 11.3 Å². The second kappa shape index (κ2) is 7.85. The fraction of sp³-hybridized carbons (Fsp3) is 0.667. The summed E-state index contributed by atoms with van der Waals surface area (Å²) in [6.07, 6.45) is 2.37. The summed E-state index contributed by atoms with van der Waals surface area (Å²) in [5.41, 5.74) is 0. The van der Waals surface area contributed by atoms with Gasteiger partial charge in [-0.3, -0.25) is 0 Å². The second-order valence-corrected chi connectivity index (χ2v) is 5.07. The van der Waals surface area contributed by atoms with Crippen molar-refractivity contribution in [3.05, 3.63) is 22.4 Å². The smallest absolute Gasteiger partial charge is 0.00578 e. The van der Waals surface area contributed by atoms with Crippen molar-refractivity contribution >= 4 is 11.3 Å². The van der Waals surface area contributed by atoms with E-state index >= 15 is 0 Å². The van der Waals surface area contributed by atoms with Crippen LogP contribution in [-0.4, -0.2) is 25.7 Å². The van der Waals surface area contributed by atoms with Crippen LogP contribution < -0.4 is 10.6 Å². The number of rotatable bonds is 8. The highest BCUT2D eigenvalue weighted by Gasteiger charge is 1.94. The molecule has 3 heteroatoms. The number of nitrogens with one attached hydrogen (secondary N) is 2. The van der Waals surface area contributed by atoms with Gasteiger partial charge in [0.05, 0.1) is 0 Å². The Kier molecular flexibility index (Phi) is 6.64. The Hall–Kier alpha value is -0.380. The zero-order chi connectivity index (χ0) is 10.9. The van der Waals surface area contributed by atoms with Crippen LogP contribution in [0.5, 0.6) is 0 Å². The Morgan fingerprint density at radius 2 is 2.13 bits per heavy atom. The van der Waals surface area contributed by atoms with Gasteiger partial charge in [-0.1, -0.05) is 19.9 Å². The van der Waals surface area contributed by atoms with Crippen molar-refractivity contribution in [3.8, 4) is 0 Å². The van der Waals surface area contributed by atoms with Gasteiger partial charge in [0.25, 0.3) is 0 Å². The van der Waals surface area contributed by atoms with Crippen molar-refractivity contribution in [2.24, 2.45) is 0 Å². The van der Waals surface area contributed by atoms with Gasteiger partial charge in [0.15, 0.2) is 0 Å². The molecule has 0 unspecified atom stereocenters. The SMILES string of the molecule is CC(C)NCCCNCCc1cccs1. The van der Waals surface area contributed by atoms with Gasteiger partial charge in [-0.15, -0.1) is 11.3 Å². The summed E-state index contributed by atoms with van der Waals surface area (Å²) in [5.74, 6) is 0. The first-order valence-electron chi connectivity index (χ1n) is 5.75. The molecule has 15 heavy (non-hydrogen) atoms. The van der Waals surface area contributed by atoms with Crippen molar-refractivity contribution in [3.63, 3.8) is 0 Å². The molecule has 0 saturated heterocycles. The third-order valence-electron chi connectivity index (χ3n) is 2.21. The molecule has 0 aromatic carbocycles. The van der Waals surface area contributed by atoms with Crippen LogP contribution in [0.4, 0.5) is 0 Å². The van der Waals surface area contributed by atoms with Crippen molar-refractivity contribution in [2.75, 3.05) is 19.6 Å². The summed E-state index contributed by atoms with van der Waals surface area (Å²) in [5, 5.41) is 9.02. The highest BCUT2D eigenvalue weighted by molar-refractivity contribution is 7.09. The van der Waals surface area contributed by atoms with Gasteiger partial charge in [-0.25, -0.2) is 0 Å². The summed E-state index contributed by atoms with van der Waals surface area (Å²) >= 11 is 1.84. The first-order chi connectivity index (χ1) is 7.29. The lowest BCUT2D eigenvalue weighted by atomic mass is 10.3. The minimum Gasteiger partial charge on any atom is -0.316 e. The summed E-state index contributed by atoms with van der Waals surface area (Å²) in [4.78, 5) is 1.47. The molecule has 1 aromatic heterocycles. The average Bonchev–Trinajstić information content (AvgIpc) is 2.68. The lowest BCUT2D eigenvalue weighted by Crippen LogP contribution is -2.27. The molecule has 0 aliphatic carbocycles. The number of hydrogen-bond donors (Lipinski definition) is 2. The molecule has 0 aliphatic rings. The topological polar surface area (TPSA) is 24.1 Å². The molecular formula is C12H22N2S. The van der Waals surface area contributed by atoms with Gasteiger partial charge in [-0.05, 0) is 43.9 Å². The average molecular weight is 226 g/mol. The van der Waals surface area contributed by atoms with E-state index in [-0.39, 0.29) is 0 Å².